The number of unbranched alkanes of at least 4 members (excludes halogenated alkanes) is 1. The third-order valence-corrected chi connectivity index (χ3v) is 2.79. The summed E-state index contributed by atoms with van der Waals surface area (Å²) in [5, 5.41) is 3.24. The van der Waals surface area contributed by atoms with Crippen LogP contribution in [-0.4, -0.2) is 43.0 Å². The van der Waals surface area contributed by atoms with Crippen molar-refractivity contribution in [1.29, 1.82) is 0 Å². The fraction of sp³-hybridized carbons (Fsp3) is 0.917. The van der Waals surface area contributed by atoms with Gasteiger partial charge in [0.1, 0.15) is 5.54 Å². The Hall–Kier alpha value is -0.610. The summed E-state index contributed by atoms with van der Waals surface area (Å²) in [4.78, 5) is 13.6. The summed E-state index contributed by atoms with van der Waals surface area (Å²) in [5.41, 5.74) is 4.85. The van der Waals surface area contributed by atoms with Crippen LogP contribution in [0.3, 0.4) is 0 Å². The first-order chi connectivity index (χ1) is 7.46. The molecule has 1 unspecified atom stereocenters. The van der Waals surface area contributed by atoms with Gasteiger partial charge in [-0.25, -0.2) is 0 Å². The normalized spacial score (nSPS) is 15.1. The molecule has 3 N–H and O–H groups in total. The lowest BCUT2D eigenvalue weighted by Gasteiger charge is -2.32. The maximum atomic E-state index is 11.5. The number of nitrogens with one attached hydrogen (secondary N) is 1. The van der Waals surface area contributed by atoms with Gasteiger partial charge in [-0.1, -0.05) is 20.3 Å². The molecule has 4 nitrogen and oxygen atoms in total. The van der Waals surface area contributed by atoms with Crippen molar-refractivity contribution in [1.82, 2.24) is 10.2 Å². The van der Waals surface area contributed by atoms with Crippen LogP contribution in [0.4, 0.5) is 0 Å². The number of primary amides is 1. The van der Waals surface area contributed by atoms with Gasteiger partial charge < -0.3 is 16.0 Å². The fourth-order valence-electron chi connectivity index (χ4n) is 1.67. The number of rotatable bonds is 9. The van der Waals surface area contributed by atoms with Gasteiger partial charge in [0.15, 0.2) is 0 Å². The highest BCUT2D eigenvalue weighted by Gasteiger charge is 2.31. The molecule has 0 saturated carbocycles. The predicted molar refractivity (Wildman–Crippen MR) is 68.3 cm³/mol. The number of hydrogen-bond donors (Lipinski definition) is 2. The first kappa shape index (κ1) is 15.4. The average Bonchev–Trinajstić information content (AvgIpc) is 2.23. The third kappa shape index (κ3) is 5.47. The summed E-state index contributed by atoms with van der Waals surface area (Å²) >= 11 is 0. The molecule has 0 aliphatic heterocycles. The second-order valence-electron chi connectivity index (χ2n) is 4.71. The van der Waals surface area contributed by atoms with Crippen molar-refractivity contribution in [2.45, 2.75) is 45.6 Å². The molecule has 4 heteroatoms. The molecule has 16 heavy (non-hydrogen) atoms. The number of likely N-dealkylation sites (N-methyl/N-ethyl adjacent to an activating group) is 1. The van der Waals surface area contributed by atoms with Crippen LogP contribution in [0.1, 0.15) is 40.0 Å². The van der Waals surface area contributed by atoms with Crippen LogP contribution in [0.2, 0.25) is 0 Å². The number of carbonyl (C=O) groups excluding carboxylic acids is 1. The summed E-state index contributed by atoms with van der Waals surface area (Å²) in [7, 11) is 2.03. The van der Waals surface area contributed by atoms with Gasteiger partial charge >= 0.3 is 0 Å². The molecule has 0 saturated heterocycles. The van der Waals surface area contributed by atoms with Crippen LogP contribution in [0, 0.1) is 0 Å². The second kappa shape index (κ2) is 7.63. The Bertz CT molecular complexity index is 208. The highest BCUT2D eigenvalue weighted by atomic mass is 16.1. The van der Waals surface area contributed by atoms with Crippen molar-refractivity contribution in [2.24, 2.45) is 5.73 Å². The van der Waals surface area contributed by atoms with Crippen molar-refractivity contribution >= 4 is 5.91 Å². The minimum absolute atomic E-state index is 0.274. The van der Waals surface area contributed by atoms with Crippen LogP contribution in [-0.2, 0) is 4.79 Å². The first-order valence-electron chi connectivity index (χ1n) is 6.19. The lowest BCUT2D eigenvalue weighted by Crippen LogP contribution is -2.59. The number of amides is 1. The molecule has 0 bridgehead atoms. The van der Waals surface area contributed by atoms with Gasteiger partial charge in [0, 0.05) is 6.54 Å². The molecule has 0 radical (unpaired) electrons. The van der Waals surface area contributed by atoms with Gasteiger partial charge in [0.25, 0.3) is 0 Å². The zero-order valence-electron chi connectivity index (χ0n) is 11.2. The first-order valence-corrected chi connectivity index (χ1v) is 6.19. The predicted octanol–water partition coefficient (Wildman–Crippen LogP) is 0.962. The van der Waals surface area contributed by atoms with Gasteiger partial charge in [0.2, 0.25) is 5.91 Å². The largest absolute Gasteiger partial charge is 0.368 e. The van der Waals surface area contributed by atoms with Crippen molar-refractivity contribution < 1.29 is 4.79 Å². The van der Waals surface area contributed by atoms with Gasteiger partial charge in [-0.3, -0.25) is 4.79 Å². The number of nitrogens with two attached hydrogens (primary N) is 1. The zero-order valence-corrected chi connectivity index (χ0v) is 11.2. The topological polar surface area (TPSA) is 58.4 Å². The summed E-state index contributed by atoms with van der Waals surface area (Å²) < 4.78 is 0. The van der Waals surface area contributed by atoms with E-state index in [0.29, 0.717) is 6.54 Å². The number of nitrogens with zero attached hydrogens (tertiary/aromatic N) is 1. The summed E-state index contributed by atoms with van der Waals surface area (Å²) in [6, 6.07) is 0. The Balaban J connectivity index is 4.25. The molecule has 0 rings (SSSR count). The summed E-state index contributed by atoms with van der Waals surface area (Å²) in [6.07, 6.45) is 3.32. The molecule has 0 aliphatic carbocycles. The van der Waals surface area contributed by atoms with Gasteiger partial charge in [-0.15, -0.1) is 0 Å². The van der Waals surface area contributed by atoms with Gasteiger partial charge in [-0.2, -0.15) is 0 Å². The Labute approximate surface area is 99.6 Å². The Morgan fingerprint density at radius 2 is 2.00 bits per heavy atom. The van der Waals surface area contributed by atoms with E-state index in [1.54, 1.807) is 0 Å². The zero-order chi connectivity index (χ0) is 12.6. The highest BCUT2D eigenvalue weighted by Crippen LogP contribution is 2.06. The number of carbonyl (C=O) groups is 1. The van der Waals surface area contributed by atoms with E-state index in [1.165, 1.54) is 6.42 Å². The van der Waals surface area contributed by atoms with E-state index in [9.17, 15) is 4.79 Å². The standard InChI is InChI=1S/C12H27N3O/c1-5-7-9-15(4)10-12(3,11(13)16)14-8-6-2/h14H,5-10H2,1-4H3,(H2,13,16). The van der Waals surface area contributed by atoms with E-state index in [0.717, 1.165) is 25.9 Å². The molecule has 0 aromatic carbocycles. The van der Waals surface area contributed by atoms with E-state index in [-0.39, 0.29) is 5.91 Å². The van der Waals surface area contributed by atoms with Crippen molar-refractivity contribution in [2.75, 3.05) is 26.7 Å². The van der Waals surface area contributed by atoms with Crippen LogP contribution in [0.25, 0.3) is 0 Å². The van der Waals surface area contributed by atoms with E-state index in [4.69, 9.17) is 5.73 Å². The third-order valence-electron chi connectivity index (χ3n) is 2.79. The lowest BCUT2D eigenvalue weighted by atomic mass is 10.0. The lowest BCUT2D eigenvalue weighted by molar-refractivity contribution is -0.124. The molecule has 0 aromatic heterocycles. The molecular weight excluding hydrogens is 202 g/mol. The summed E-state index contributed by atoms with van der Waals surface area (Å²) in [6.45, 7) is 8.62. The minimum atomic E-state index is -0.613. The number of hydrogen-bond acceptors (Lipinski definition) is 3. The van der Waals surface area contributed by atoms with Crippen LogP contribution >= 0.6 is 0 Å². The molecule has 0 fully saturated rings. The maximum absolute atomic E-state index is 11.5. The SMILES string of the molecule is CCCCN(C)CC(C)(NCCC)C(N)=O. The van der Waals surface area contributed by atoms with Gasteiger partial charge in [-0.05, 0) is 39.9 Å². The Morgan fingerprint density at radius 3 is 2.44 bits per heavy atom. The quantitative estimate of drug-likeness (QED) is 0.619. The maximum Gasteiger partial charge on any atom is 0.238 e. The smallest absolute Gasteiger partial charge is 0.238 e. The molecular formula is C12H27N3O. The Morgan fingerprint density at radius 1 is 1.38 bits per heavy atom. The molecule has 0 aromatic rings. The van der Waals surface area contributed by atoms with Crippen LogP contribution in [0.5, 0.6) is 0 Å². The molecule has 0 heterocycles. The minimum Gasteiger partial charge on any atom is -0.368 e. The molecule has 0 aliphatic rings. The molecule has 1 amide bonds. The van der Waals surface area contributed by atoms with Crippen molar-refractivity contribution in [3.63, 3.8) is 0 Å². The van der Waals surface area contributed by atoms with E-state index < -0.39 is 5.54 Å². The van der Waals surface area contributed by atoms with Crippen LogP contribution < -0.4 is 11.1 Å². The van der Waals surface area contributed by atoms with E-state index in [1.807, 2.05) is 14.0 Å². The van der Waals surface area contributed by atoms with Crippen molar-refractivity contribution in [3.05, 3.63) is 0 Å². The molecule has 0 spiro atoms. The average molecular weight is 229 g/mol. The van der Waals surface area contributed by atoms with Crippen LogP contribution in [0.15, 0.2) is 0 Å². The van der Waals surface area contributed by atoms with Gasteiger partial charge in [0.05, 0.1) is 0 Å². The van der Waals surface area contributed by atoms with Crippen molar-refractivity contribution in [3.8, 4) is 0 Å². The monoisotopic (exact) mass is 229 g/mol. The summed E-state index contributed by atoms with van der Waals surface area (Å²) in [5.74, 6) is -0.274. The Kier molecular flexibility index (Phi) is 7.34. The highest BCUT2D eigenvalue weighted by molar-refractivity contribution is 5.84. The second-order valence-corrected chi connectivity index (χ2v) is 4.71. The van der Waals surface area contributed by atoms with E-state index in [2.05, 4.69) is 24.1 Å². The molecule has 96 valence electrons. The van der Waals surface area contributed by atoms with E-state index >= 15 is 0 Å². The molecule has 1 atom stereocenters. The fourth-order valence-corrected chi connectivity index (χ4v) is 1.67.